The van der Waals surface area contributed by atoms with Crippen LogP contribution < -0.4 is 11.5 Å². The van der Waals surface area contributed by atoms with Crippen LogP contribution >= 0.6 is 11.6 Å². The molecule has 1 aromatic carbocycles. The largest absolute Gasteiger partial charge is 0.399 e. The van der Waals surface area contributed by atoms with Crippen molar-refractivity contribution in [2.75, 3.05) is 12.3 Å². The highest BCUT2D eigenvalue weighted by molar-refractivity contribution is 6.30. The van der Waals surface area contributed by atoms with E-state index in [0.29, 0.717) is 6.54 Å². The average Bonchev–Trinajstić information content (AvgIpc) is 2.07. The number of rotatable bonds is 3. The van der Waals surface area contributed by atoms with E-state index in [1.54, 1.807) is 6.07 Å². The molecule has 0 unspecified atom stereocenters. The van der Waals surface area contributed by atoms with Gasteiger partial charge >= 0.3 is 0 Å². The summed E-state index contributed by atoms with van der Waals surface area (Å²) in [5.74, 6) is 0. The second-order valence-corrected chi connectivity index (χ2v) is 3.17. The first-order valence-corrected chi connectivity index (χ1v) is 4.36. The lowest BCUT2D eigenvalue weighted by Gasteiger charge is -2.04. The number of nitrogens with two attached hydrogens (primary N) is 2. The molecule has 0 bridgehead atoms. The molecule has 1 aromatic rings. The molecule has 0 spiro atoms. The molecule has 0 aliphatic heterocycles. The Labute approximate surface area is 77.5 Å². The molecule has 12 heavy (non-hydrogen) atoms. The van der Waals surface area contributed by atoms with E-state index in [1.807, 2.05) is 12.1 Å². The normalized spacial score (nSPS) is 10.2. The minimum Gasteiger partial charge on any atom is -0.399 e. The van der Waals surface area contributed by atoms with Crippen LogP contribution in [0, 0.1) is 0 Å². The Morgan fingerprint density at radius 2 is 2.08 bits per heavy atom. The van der Waals surface area contributed by atoms with Crippen LogP contribution in [0.3, 0.4) is 0 Å². The summed E-state index contributed by atoms with van der Waals surface area (Å²) < 4.78 is 0. The van der Waals surface area contributed by atoms with Crippen molar-refractivity contribution in [1.82, 2.24) is 0 Å². The molecule has 0 radical (unpaired) electrons. The van der Waals surface area contributed by atoms with Gasteiger partial charge in [0.1, 0.15) is 0 Å². The number of halogens is 1. The Morgan fingerprint density at radius 3 is 2.75 bits per heavy atom. The van der Waals surface area contributed by atoms with Gasteiger partial charge in [-0.3, -0.25) is 0 Å². The summed E-state index contributed by atoms with van der Waals surface area (Å²) in [4.78, 5) is 0. The van der Waals surface area contributed by atoms with E-state index in [4.69, 9.17) is 23.1 Å². The van der Waals surface area contributed by atoms with Gasteiger partial charge in [0.25, 0.3) is 0 Å². The molecule has 0 amide bonds. The van der Waals surface area contributed by atoms with Gasteiger partial charge in [0.2, 0.25) is 0 Å². The zero-order valence-electron chi connectivity index (χ0n) is 6.89. The average molecular weight is 185 g/mol. The maximum atomic E-state index is 5.81. The summed E-state index contributed by atoms with van der Waals surface area (Å²) in [7, 11) is 0. The van der Waals surface area contributed by atoms with Crippen molar-refractivity contribution in [2.24, 2.45) is 5.73 Å². The summed E-state index contributed by atoms with van der Waals surface area (Å²) >= 11 is 5.81. The Morgan fingerprint density at radius 1 is 1.33 bits per heavy atom. The number of nitrogen functional groups attached to an aromatic ring is 1. The molecule has 0 aliphatic carbocycles. The quantitative estimate of drug-likeness (QED) is 0.705. The van der Waals surface area contributed by atoms with Crippen LogP contribution in [0.2, 0.25) is 5.02 Å². The monoisotopic (exact) mass is 184 g/mol. The minimum absolute atomic E-state index is 0.686. The maximum absolute atomic E-state index is 5.81. The SMILES string of the molecule is NCCCc1cc(Cl)ccc1N. The van der Waals surface area contributed by atoms with E-state index in [2.05, 4.69) is 0 Å². The molecular weight excluding hydrogens is 172 g/mol. The Kier molecular flexibility index (Phi) is 3.38. The predicted octanol–water partition coefficient (Wildman–Crippen LogP) is 1.81. The molecule has 2 nitrogen and oxygen atoms in total. The fraction of sp³-hybridized carbons (Fsp3) is 0.333. The molecular formula is C9H13ClN2. The summed E-state index contributed by atoms with van der Waals surface area (Å²) in [6.07, 6.45) is 1.85. The van der Waals surface area contributed by atoms with Crippen molar-refractivity contribution in [1.29, 1.82) is 0 Å². The third-order valence-corrected chi connectivity index (χ3v) is 1.99. The lowest BCUT2D eigenvalue weighted by Crippen LogP contribution is -2.02. The van der Waals surface area contributed by atoms with E-state index < -0.39 is 0 Å². The molecule has 0 aromatic heterocycles. The molecule has 0 aliphatic rings. The van der Waals surface area contributed by atoms with E-state index in [0.717, 1.165) is 29.1 Å². The fourth-order valence-corrected chi connectivity index (χ4v) is 1.28. The summed E-state index contributed by atoms with van der Waals surface area (Å²) in [6.45, 7) is 0.686. The van der Waals surface area contributed by atoms with Crippen molar-refractivity contribution in [3.05, 3.63) is 28.8 Å². The second kappa shape index (κ2) is 4.33. The molecule has 0 heterocycles. The first-order valence-electron chi connectivity index (χ1n) is 3.98. The zero-order valence-corrected chi connectivity index (χ0v) is 7.64. The van der Waals surface area contributed by atoms with Crippen molar-refractivity contribution < 1.29 is 0 Å². The standard InChI is InChI=1S/C9H13ClN2/c10-8-3-4-9(12)7(6-8)2-1-5-11/h3-4,6H,1-2,5,11-12H2. The molecule has 0 atom stereocenters. The van der Waals surface area contributed by atoms with Gasteiger partial charge < -0.3 is 11.5 Å². The molecule has 0 fully saturated rings. The number of anilines is 1. The highest BCUT2D eigenvalue weighted by Crippen LogP contribution is 2.18. The lowest BCUT2D eigenvalue weighted by atomic mass is 10.1. The van der Waals surface area contributed by atoms with Gasteiger partial charge in [-0.25, -0.2) is 0 Å². The predicted molar refractivity (Wildman–Crippen MR) is 53.2 cm³/mol. The molecule has 0 saturated heterocycles. The number of benzene rings is 1. The van der Waals surface area contributed by atoms with Crippen LogP contribution in [0.15, 0.2) is 18.2 Å². The van der Waals surface area contributed by atoms with Crippen molar-refractivity contribution in [3.8, 4) is 0 Å². The molecule has 0 saturated carbocycles. The van der Waals surface area contributed by atoms with E-state index in [1.165, 1.54) is 0 Å². The number of aryl methyl sites for hydroxylation is 1. The van der Waals surface area contributed by atoms with E-state index >= 15 is 0 Å². The van der Waals surface area contributed by atoms with E-state index in [9.17, 15) is 0 Å². The van der Waals surface area contributed by atoms with Crippen LogP contribution in [0.5, 0.6) is 0 Å². The fourth-order valence-electron chi connectivity index (χ4n) is 1.08. The van der Waals surface area contributed by atoms with Crippen molar-refractivity contribution in [2.45, 2.75) is 12.8 Å². The smallest absolute Gasteiger partial charge is 0.0410 e. The van der Waals surface area contributed by atoms with Crippen molar-refractivity contribution >= 4 is 17.3 Å². The Hall–Kier alpha value is -0.730. The van der Waals surface area contributed by atoms with Gasteiger partial charge in [-0.15, -0.1) is 0 Å². The van der Waals surface area contributed by atoms with Crippen LogP contribution in [0.4, 0.5) is 5.69 Å². The van der Waals surface area contributed by atoms with Crippen molar-refractivity contribution in [3.63, 3.8) is 0 Å². The topological polar surface area (TPSA) is 52.0 Å². The van der Waals surface area contributed by atoms with Gasteiger partial charge in [-0.2, -0.15) is 0 Å². The Balaban J connectivity index is 2.75. The molecule has 3 heteroatoms. The molecule has 66 valence electrons. The molecule has 4 N–H and O–H groups in total. The highest BCUT2D eigenvalue weighted by atomic mass is 35.5. The minimum atomic E-state index is 0.686. The van der Waals surface area contributed by atoms with Crippen LogP contribution in [-0.4, -0.2) is 6.54 Å². The summed E-state index contributed by atoms with van der Waals surface area (Å²) in [5, 5.41) is 0.733. The van der Waals surface area contributed by atoms with Crippen LogP contribution in [-0.2, 0) is 6.42 Å². The zero-order chi connectivity index (χ0) is 8.97. The maximum Gasteiger partial charge on any atom is 0.0410 e. The number of hydrogen-bond acceptors (Lipinski definition) is 2. The van der Waals surface area contributed by atoms with Gasteiger partial charge in [0, 0.05) is 10.7 Å². The van der Waals surface area contributed by atoms with Crippen LogP contribution in [0.25, 0.3) is 0 Å². The van der Waals surface area contributed by atoms with Gasteiger partial charge in [-0.05, 0) is 43.1 Å². The first kappa shape index (κ1) is 9.36. The lowest BCUT2D eigenvalue weighted by molar-refractivity contribution is 0.834. The Bertz CT molecular complexity index is 261. The third kappa shape index (κ3) is 2.40. The third-order valence-electron chi connectivity index (χ3n) is 1.76. The van der Waals surface area contributed by atoms with Gasteiger partial charge in [0.15, 0.2) is 0 Å². The van der Waals surface area contributed by atoms with E-state index in [-0.39, 0.29) is 0 Å². The molecule has 1 rings (SSSR count). The van der Waals surface area contributed by atoms with Gasteiger partial charge in [-0.1, -0.05) is 11.6 Å². The second-order valence-electron chi connectivity index (χ2n) is 2.74. The van der Waals surface area contributed by atoms with Gasteiger partial charge in [0.05, 0.1) is 0 Å². The summed E-state index contributed by atoms with van der Waals surface area (Å²) in [5.41, 5.74) is 13.0. The first-order chi connectivity index (χ1) is 5.74. The highest BCUT2D eigenvalue weighted by Gasteiger charge is 1.98. The van der Waals surface area contributed by atoms with Crippen LogP contribution in [0.1, 0.15) is 12.0 Å². The number of hydrogen-bond donors (Lipinski definition) is 2. The summed E-state index contributed by atoms with van der Waals surface area (Å²) in [6, 6.07) is 5.52.